The van der Waals surface area contributed by atoms with Gasteiger partial charge in [0.15, 0.2) is 5.60 Å². The zero-order valence-electron chi connectivity index (χ0n) is 11.1. The van der Waals surface area contributed by atoms with Crippen molar-refractivity contribution in [3.05, 3.63) is 0 Å². The van der Waals surface area contributed by atoms with Gasteiger partial charge in [0.2, 0.25) is 6.29 Å². The topological polar surface area (TPSA) is 110 Å². The number of hydrogen-bond donors (Lipinski definition) is 2. The van der Waals surface area contributed by atoms with Crippen molar-refractivity contribution in [2.75, 3.05) is 0 Å². The van der Waals surface area contributed by atoms with Crippen LogP contribution in [0.15, 0.2) is 0 Å². The Kier molecular flexibility index (Phi) is 4.19. The number of aliphatic carboxylic acids is 2. The Hall–Kier alpha value is -1.63. The Morgan fingerprint density at radius 2 is 1.84 bits per heavy atom. The molecule has 7 heteroatoms. The Morgan fingerprint density at radius 1 is 1.26 bits per heavy atom. The van der Waals surface area contributed by atoms with Crippen molar-refractivity contribution < 1.29 is 34.1 Å². The molecule has 1 rings (SSSR count). The number of rotatable bonds is 5. The van der Waals surface area contributed by atoms with Gasteiger partial charge < -0.3 is 19.7 Å². The largest absolute Gasteiger partial charge is 0.481 e. The molecule has 0 radical (unpaired) electrons. The summed E-state index contributed by atoms with van der Waals surface area (Å²) < 4.78 is 10.5. The fourth-order valence-corrected chi connectivity index (χ4v) is 1.75. The van der Waals surface area contributed by atoms with Gasteiger partial charge in [0.1, 0.15) is 0 Å². The van der Waals surface area contributed by atoms with Crippen LogP contribution in [0.3, 0.4) is 0 Å². The van der Waals surface area contributed by atoms with Crippen LogP contribution in [0, 0.1) is 5.41 Å². The van der Waals surface area contributed by atoms with Crippen LogP contribution in [0.5, 0.6) is 0 Å². The van der Waals surface area contributed by atoms with Crippen LogP contribution in [-0.2, 0) is 23.9 Å². The molecule has 19 heavy (non-hydrogen) atoms. The second-order valence-corrected chi connectivity index (χ2v) is 5.68. The van der Waals surface area contributed by atoms with Gasteiger partial charge in [-0.2, -0.15) is 0 Å². The summed E-state index contributed by atoms with van der Waals surface area (Å²) in [5, 5.41) is 17.6. The van der Waals surface area contributed by atoms with Gasteiger partial charge in [-0.05, 0) is 6.42 Å². The maximum absolute atomic E-state index is 11.9. The molecular formula is C12H18O7. The summed E-state index contributed by atoms with van der Waals surface area (Å²) in [5.74, 6) is -3.17. The first kappa shape index (κ1) is 15.4. The van der Waals surface area contributed by atoms with Crippen molar-refractivity contribution in [3.8, 4) is 0 Å². The number of carboxylic acids is 2. The molecule has 0 amide bonds. The van der Waals surface area contributed by atoms with Crippen LogP contribution in [0.1, 0.15) is 40.0 Å². The van der Waals surface area contributed by atoms with Gasteiger partial charge in [-0.1, -0.05) is 20.8 Å². The molecule has 108 valence electrons. The molecule has 0 aromatic heterocycles. The van der Waals surface area contributed by atoms with Crippen LogP contribution >= 0.6 is 0 Å². The molecule has 0 aromatic rings. The molecule has 0 spiro atoms. The minimum Gasteiger partial charge on any atom is -0.481 e. The maximum atomic E-state index is 11.9. The van der Waals surface area contributed by atoms with Crippen molar-refractivity contribution in [1.29, 1.82) is 0 Å². The van der Waals surface area contributed by atoms with Gasteiger partial charge >= 0.3 is 17.9 Å². The summed E-state index contributed by atoms with van der Waals surface area (Å²) in [6.07, 6.45) is -2.07. The number of hydrogen-bond acceptors (Lipinski definition) is 5. The first-order valence-corrected chi connectivity index (χ1v) is 5.89. The van der Waals surface area contributed by atoms with Gasteiger partial charge in [0.05, 0.1) is 6.42 Å². The minimum atomic E-state index is -1.71. The van der Waals surface area contributed by atoms with E-state index in [4.69, 9.17) is 19.7 Å². The van der Waals surface area contributed by atoms with Gasteiger partial charge in [-0.25, -0.2) is 4.79 Å². The standard InChI is InChI=1S/C12H18O7/c1-11(2,3)10-18-9(17)12(19-10,6-8(15)16)5-4-7(13)14/h10H,4-6H2,1-3H3,(H,13,14)(H,15,16)/t10-,12-/m1/s1. The first-order chi connectivity index (χ1) is 8.57. The highest BCUT2D eigenvalue weighted by atomic mass is 16.8. The summed E-state index contributed by atoms with van der Waals surface area (Å²) in [7, 11) is 0. The lowest BCUT2D eigenvalue weighted by Crippen LogP contribution is -2.40. The second-order valence-electron chi connectivity index (χ2n) is 5.68. The number of carbonyl (C=O) groups is 3. The second kappa shape index (κ2) is 5.16. The molecular weight excluding hydrogens is 256 g/mol. The smallest absolute Gasteiger partial charge is 0.341 e. The van der Waals surface area contributed by atoms with E-state index in [0.29, 0.717) is 0 Å². The van der Waals surface area contributed by atoms with E-state index in [0.717, 1.165) is 0 Å². The summed E-state index contributed by atoms with van der Waals surface area (Å²) in [6, 6.07) is 0. The van der Waals surface area contributed by atoms with Crippen LogP contribution in [0.25, 0.3) is 0 Å². The van der Waals surface area contributed by atoms with Crippen LogP contribution in [0.2, 0.25) is 0 Å². The Bertz CT molecular complexity index is 395. The van der Waals surface area contributed by atoms with E-state index in [1.54, 1.807) is 20.8 Å². The highest BCUT2D eigenvalue weighted by molar-refractivity contribution is 5.87. The Balaban J connectivity index is 2.94. The van der Waals surface area contributed by atoms with E-state index in [9.17, 15) is 14.4 Å². The summed E-state index contributed by atoms with van der Waals surface area (Å²) in [4.78, 5) is 33.4. The van der Waals surface area contributed by atoms with Crippen molar-refractivity contribution in [3.63, 3.8) is 0 Å². The number of carboxylic acid groups (broad SMARTS) is 2. The summed E-state index contributed by atoms with van der Waals surface area (Å²) in [5.41, 5.74) is -2.22. The number of cyclic esters (lactones) is 1. The SMILES string of the molecule is CC(C)(C)[C@@H]1OC(=O)[C@@](CCC(=O)O)(CC(=O)O)O1. The molecule has 0 saturated carbocycles. The van der Waals surface area contributed by atoms with Crippen LogP contribution < -0.4 is 0 Å². The summed E-state index contributed by atoms with van der Waals surface area (Å²) >= 11 is 0. The average Bonchev–Trinajstić information content (AvgIpc) is 2.53. The number of ether oxygens (including phenoxy) is 2. The van der Waals surface area contributed by atoms with Gasteiger partial charge in [-0.15, -0.1) is 0 Å². The molecule has 1 heterocycles. The average molecular weight is 274 g/mol. The van der Waals surface area contributed by atoms with Gasteiger partial charge in [-0.3, -0.25) is 9.59 Å². The molecule has 0 bridgehead atoms. The fourth-order valence-electron chi connectivity index (χ4n) is 1.75. The third-order valence-corrected chi connectivity index (χ3v) is 2.81. The summed E-state index contributed by atoms with van der Waals surface area (Å²) in [6.45, 7) is 5.33. The van der Waals surface area contributed by atoms with Crippen LogP contribution in [0.4, 0.5) is 0 Å². The Morgan fingerprint density at radius 3 is 2.21 bits per heavy atom. The molecule has 1 fully saturated rings. The predicted molar refractivity (Wildman–Crippen MR) is 62.3 cm³/mol. The van der Waals surface area contributed by atoms with E-state index < -0.39 is 41.6 Å². The predicted octanol–water partition coefficient (Wildman–Crippen LogP) is 1.01. The first-order valence-electron chi connectivity index (χ1n) is 5.89. The molecule has 1 aliphatic heterocycles. The van der Waals surface area contributed by atoms with Gasteiger partial charge in [0, 0.05) is 11.8 Å². The fraction of sp³-hybridized carbons (Fsp3) is 0.750. The van der Waals surface area contributed by atoms with Crippen molar-refractivity contribution in [1.82, 2.24) is 0 Å². The molecule has 7 nitrogen and oxygen atoms in total. The molecule has 2 atom stereocenters. The van der Waals surface area contributed by atoms with E-state index in [1.807, 2.05) is 0 Å². The monoisotopic (exact) mass is 274 g/mol. The van der Waals surface area contributed by atoms with E-state index in [2.05, 4.69) is 0 Å². The zero-order chi connectivity index (χ0) is 14.8. The molecule has 1 aliphatic rings. The van der Waals surface area contributed by atoms with Gasteiger partial charge in [0.25, 0.3) is 0 Å². The Labute approximate surface area is 110 Å². The normalized spacial score (nSPS) is 27.1. The molecule has 0 aliphatic carbocycles. The lowest BCUT2D eigenvalue weighted by atomic mass is 9.93. The molecule has 2 N–H and O–H groups in total. The lowest BCUT2D eigenvalue weighted by molar-refractivity contribution is -0.163. The van der Waals surface area contributed by atoms with Crippen LogP contribution in [-0.4, -0.2) is 40.0 Å². The highest BCUT2D eigenvalue weighted by Crippen LogP contribution is 2.39. The molecule has 0 aromatic carbocycles. The zero-order valence-corrected chi connectivity index (χ0v) is 11.1. The maximum Gasteiger partial charge on any atom is 0.341 e. The number of esters is 1. The van der Waals surface area contributed by atoms with Crippen molar-refractivity contribution >= 4 is 17.9 Å². The van der Waals surface area contributed by atoms with Crippen molar-refractivity contribution in [2.24, 2.45) is 5.41 Å². The molecule has 0 unspecified atom stereocenters. The lowest BCUT2D eigenvalue weighted by Gasteiger charge is -2.27. The van der Waals surface area contributed by atoms with E-state index in [-0.39, 0.29) is 12.8 Å². The van der Waals surface area contributed by atoms with Crippen molar-refractivity contribution in [2.45, 2.75) is 51.9 Å². The highest BCUT2D eigenvalue weighted by Gasteiger charge is 2.54. The third kappa shape index (κ3) is 3.66. The van der Waals surface area contributed by atoms with E-state index >= 15 is 0 Å². The quantitative estimate of drug-likeness (QED) is 0.720. The minimum absolute atomic E-state index is 0.222. The van der Waals surface area contributed by atoms with E-state index in [1.165, 1.54) is 0 Å². The molecule has 1 saturated heterocycles. The third-order valence-electron chi connectivity index (χ3n) is 2.81. The number of carbonyl (C=O) groups excluding carboxylic acids is 1.